The SMILES string of the molecule is CCC(C)c1ccccc1N1CC(C(=O)NCCCc2nnc(SC)n2C2CCCC2)CC1=O. The number of anilines is 1. The predicted octanol–water partition coefficient (Wildman–Crippen LogP) is 4.73. The van der Waals surface area contributed by atoms with E-state index in [4.69, 9.17) is 0 Å². The number of carbonyl (C=O) groups excluding carboxylic acids is 2. The van der Waals surface area contributed by atoms with Gasteiger partial charge in [0.05, 0.1) is 5.92 Å². The third-order valence-electron chi connectivity index (χ3n) is 7.35. The standard InChI is InChI=1S/C26H37N5O2S/c1-4-18(2)21-12-7-8-13-22(21)30-17-19(16-24(30)32)25(33)27-15-9-14-23-28-29-26(34-3)31(23)20-10-5-6-11-20/h7-8,12-13,18-20H,4-6,9-11,14-17H2,1-3H3,(H,27,33). The summed E-state index contributed by atoms with van der Waals surface area (Å²) in [4.78, 5) is 27.4. The quantitative estimate of drug-likeness (QED) is 0.390. The molecule has 1 aromatic carbocycles. The van der Waals surface area contributed by atoms with Crippen LogP contribution in [0.25, 0.3) is 0 Å². The van der Waals surface area contributed by atoms with Crippen molar-refractivity contribution in [2.45, 2.75) is 82.3 Å². The molecule has 184 valence electrons. The molecule has 7 nitrogen and oxygen atoms in total. The summed E-state index contributed by atoms with van der Waals surface area (Å²) in [6.07, 6.45) is 9.87. The number of aryl methyl sites for hydroxylation is 1. The minimum Gasteiger partial charge on any atom is -0.356 e. The van der Waals surface area contributed by atoms with Gasteiger partial charge >= 0.3 is 0 Å². The number of nitrogens with one attached hydrogen (secondary N) is 1. The first kappa shape index (κ1) is 24.8. The van der Waals surface area contributed by atoms with Gasteiger partial charge in [-0.3, -0.25) is 9.59 Å². The zero-order valence-corrected chi connectivity index (χ0v) is 21.4. The minimum atomic E-state index is -0.303. The summed E-state index contributed by atoms with van der Waals surface area (Å²) in [5.74, 6) is 1.09. The lowest BCUT2D eigenvalue weighted by atomic mass is 9.96. The first-order valence-electron chi connectivity index (χ1n) is 12.7. The van der Waals surface area contributed by atoms with Gasteiger partial charge in [0.1, 0.15) is 5.82 Å². The number of benzene rings is 1. The van der Waals surface area contributed by atoms with Crippen molar-refractivity contribution < 1.29 is 9.59 Å². The van der Waals surface area contributed by atoms with Crippen molar-refractivity contribution in [1.29, 1.82) is 0 Å². The van der Waals surface area contributed by atoms with Crippen LogP contribution in [-0.2, 0) is 16.0 Å². The summed E-state index contributed by atoms with van der Waals surface area (Å²) in [6.45, 7) is 5.37. The third-order valence-corrected chi connectivity index (χ3v) is 7.99. The highest BCUT2D eigenvalue weighted by molar-refractivity contribution is 7.98. The number of thioether (sulfide) groups is 1. The van der Waals surface area contributed by atoms with Crippen LogP contribution in [0.1, 0.15) is 82.1 Å². The fourth-order valence-corrected chi connectivity index (χ4v) is 5.81. The van der Waals surface area contributed by atoms with E-state index < -0.39 is 0 Å². The largest absolute Gasteiger partial charge is 0.356 e. The fourth-order valence-electron chi connectivity index (χ4n) is 5.23. The predicted molar refractivity (Wildman–Crippen MR) is 136 cm³/mol. The van der Waals surface area contributed by atoms with Gasteiger partial charge in [-0.25, -0.2) is 0 Å². The highest BCUT2D eigenvalue weighted by Crippen LogP contribution is 2.34. The van der Waals surface area contributed by atoms with Crippen LogP contribution in [0.5, 0.6) is 0 Å². The van der Waals surface area contributed by atoms with Crippen LogP contribution in [0.4, 0.5) is 5.69 Å². The van der Waals surface area contributed by atoms with Crippen molar-refractivity contribution in [2.24, 2.45) is 5.92 Å². The molecule has 0 spiro atoms. The molecule has 1 N–H and O–H groups in total. The number of para-hydroxylation sites is 1. The van der Waals surface area contributed by atoms with E-state index in [1.807, 2.05) is 24.5 Å². The molecule has 0 radical (unpaired) electrons. The Kier molecular flexibility index (Phi) is 8.29. The highest BCUT2D eigenvalue weighted by Gasteiger charge is 2.36. The van der Waals surface area contributed by atoms with E-state index in [1.165, 1.54) is 31.2 Å². The van der Waals surface area contributed by atoms with Gasteiger partial charge in [-0.1, -0.05) is 56.7 Å². The van der Waals surface area contributed by atoms with Gasteiger partial charge in [0, 0.05) is 37.7 Å². The second-order valence-corrected chi connectivity index (χ2v) is 10.4. The summed E-state index contributed by atoms with van der Waals surface area (Å²) in [5.41, 5.74) is 2.13. The molecule has 2 fully saturated rings. The molecular weight excluding hydrogens is 446 g/mol. The number of nitrogens with zero attached hydrogens (tertiary/aromatic N) is 4. The number of aromatic nitrogens is 3. The Balaban J connectivity index is 1.31. The van der Waals surface area contributed by atoms with Crippen LogP contribution < -0.4 is 10.2 Å². The lowest BCUT2D eigenvalue weighted by Gasteiger charge is -2.23. The van der Waals surface area contributed by atoms with E-state index in [1.54, 1.807) is 16.7 Å². The van der Waals surface area contributed by atoms with E-state index in [9.17, 15) is 9.59 Å². The van der Waals surface area contributed by atoms with Crippen molar-refractivity contribution in [3.63, 3.8) is 0 Å². The van der Waals surface area contributed by atoms with Crippen LogP contribution in [0.2, 0.25) is 0 Å². The van der Waals surface area contributed by atoms with Gasteiger partial charge in [-0.05, 0) is 49.5 Å². The Morgan fingerprint density at radius 3 is 2.74 bits per heavy atom. The van der Waals surface area contributed by atoms with Crippen molar-refractivity contribution in [3.05, 3.63) is 35.7 Å². The van der Waals surface area contributed by atoms with Gasteiger partial charge in [-0.2, -0.15) is 0 Å². The van der Waals surface area contributed by atoms with Crippen molar-refractivity contribution >= 4 is 29.3 Å². The second kappa shape index (κ2) is 11.4. The van der Waals surface area contributed by atoms with Crippen LogP contribution in [0.15, 0.2) is 29.4 Å². The van der Waals surface area contributed by atoms with Crippen LogP contribution in [0, 0.1) is 5.92 Å². The zero-order chi connectivity index (χ0) is 24.1. The molecule has 1 saturated carbocycles. The summed E-state index contributed by atoms with van der Waals surface area (Å²) < 4.78 is 2.32. The average molecular weight is 484 g/mol. The molecule has 2 atom stereocenters. The van der Waals surface area contributed by atoms with Crippen LogP contribution in [0.3, 0.4) is 0 Å². The molecule has 1 aliphatic heterocycles. The Morgan fingerprint density at radius 1 is 1.24 bits per heavy atom. The Labute approximate surface area is 207 Å². The van der Waals surface area contributed by atoms with Gasteiger partial charge in [0.25, 0.3) is 0 Å². The molecule has 0 bridgehead atoms. The van der Waals surface area contributed by atoms with Crippen molar-refractivity contribution in [3.8, 4) is 0 Å². The van der Waals surface area contributed by atoms with Gasteiger partial charge < -0.3 is 14.8 Å². The number of rotatable bonds is 10. The molecule has 2 aromatic rings. The summed E-state index contributed by atoms with van der Waals surface area (Å²) >= 11 is 1.65. The van der Waals surface area contributed by atoms with Crippen molar-refractivity contribution in [1.82, 2.24) is 20.1 Å². The van der Waals surface area contributed by atoms with E-state index in [2.05, 4.69) is 40.0 Å². The normalized spacial score (nSPS) is 19.7. The molecule has 4 rings (SSSR count). The lowest BCUT2D eigenvalue weighted by molar-refractivity contribution is -0.126. The first-order chi connectivity index (χ1) is 16.5. The maximum Gasteiger partial charge on any atom is 0.227 e. The average Bonchev–Trinajstić information content (AvgIpc) is 3.60. The molecule has 1 saturated heterocycles. The monoisotopic (exact) mass is 483 g/mol. The van der Waals surface area contributed by atoms with E-state index >= 15 is 0 Å². The molecule has 2 heterocycles. The molecule has 2 amide bonds. The summed E-state index contributed by atoms with van der Waals surface area (Å²) in [6, 6.07) is 8.59. The van der Waals surface area contributed by atoms with Gasteiger partial charge in [0.15, 0.2) is 5.16 Å². The summed E-state index contributed by atoms with van der Waals surface area (Å²) in [7, 11) is 0. The third kappa shape index (κ3) is 5.32. The van der Waals surface area contributed by atoms with Gasteiger partial charge in [0.2, 0.25) is 11.8 Å². The first-order valence-corrected chi connectivity index (χ1v) is 13.9. The van der Waals surface area contributed by atoms with Crippen LogP contribution >= 0.6 is 11.8 Å². The molecule has 1 aliphatic carbocycles. The smallest absolute Gasteiger partial charge is 0.227 e. The van der Waals surface area contributed by atoms with E-state index in [0.29, 0.717) is 25.0 Å². The molecule has 1 aromatic heterocycles. The van der Waals surface area contributed by atoms with Gasteiger partial charge in [-0.15, -0.1) is 10.2 Å². The number of hydrogen-bond donors (Lipinski definition) is 1. The molecule has 2 aliphatic rings. The molecule has 8 heteroatoms. The maximum absolute atomic E-state index is 12.9. The lowest BCUT2D eigenvalue weighted by Crippen LogP contribution is -2.34. The molecular formula is C26H37N5O2S. The van der Waals surface area contributed by atoms with Crippen molar-refractivity contribution in [2.75, 3.05) is 24.2 Å². The number of hydrogen-bond acceptors (Lipinski definition) is 5. The fraction of sp³-hybridized carbons (Fsp3) is 0.615. The maximum atomic E-state index is 12.9. The molecule has 34 heavy (non-hydrogen) atoms. The minimum absolute atomic E-state index is 0.0288. The molecule has 2 unspecified atom stereocenters. The Hall–Kier alpha value is -2.35. The topological polar surface area (TPSA) is 80.1 Å². The number of amides is 2. The zero-order valence-electron chi connectivity index (χ0n) is 20.6. The number of carbonyl (C=O) groups is 2. The Bertz CT molecular complexity index is 1000. The second-order valence-electron chi connectivity index (χ2n) is 9.58. The van der Waals surface area contributed by atoms with E-state index in [-0.39, 0.29) is 24.2 Å². The summed E-state index contributed by atoms with van der Waals surface area (Å²) in [5, 5.41) is 12.9. The van der Waals surface area contributed by atoms with Crippen LogP contribution in [-0.4, -0.2) is 45.9 Å². The Morgan fingerprint density at radius 2 is 2.00 bits per heavy atom. The van der Waals surface area contributed by atoms with E-state index in [0.717, 1.165) is 35.9 Å². The highest BCUT2D eigenvalue weighted by atomic mass is 32.2.